The molecule has 1 saturated heterocycles. The van der Waals surface area contributed by atoms with Crippen molar-refractivity contribution < 1.29 is 13.2 Å². The van der Waals surface area contributed by atoms with Gasteiger partial charge in [-0.2, -0.15) is 5.10 Å². The summed E-state index contributed by atoms with van der Waals surface area (Å²) >= 11 is 0. The van der Waals surface area contributed by atoms with Gasteiger partial charge in [0.2, 0.25) is 0 Å². The summed E-state index contributed by atoms with van der Waals surface area (Å²) in [5, 5.41) is 3.87. The number of aldehydes is 1. The molecule has 2 aromatic heterocycles. The Morgan fingerprint density at radius 1 is 1.40 bits per heavy atom. The smallest absolute Gasteiger partial charge is 0.166 e. The SMILES string of the molecule is O=Cc1cccn2nc(CC3CCCCS3(=O)=O)nc12. The molecule has 1 aliphatic rings. The Hall–Kier alpha value is -1.76. The van der Waals surface area contributed by atoms with Gasteiger partial charge in [-0.3, -0.25) is 4.79 Å². The van der Waals surface area contributed by atoms with Crippen molar-refractivity contribution in [1.82, 2.24) is 14.6 Å². The minimum atomic E-state index is -3.03. The fourth-order valence-electron chi connectivity index (χ4n) is 2.60. The number of hydrogen-bond donors (Lipinski definition) is 0. The summed E-state index contributed by atoms with van der Waals surface area (Å²) in [5.74, 6) is 0.736. The van der Waals surface area contributed by atoms with E-state index in [0.29, 0.717) is 29.9 Å². The number of fused-ring (bicyclic) bond motifs is 1. The Kier molecular flexibility index (Phi) is 3.29. The van der Waals surface area contributed by atoms with E-state index in [4.69, 9.17) is 0 Å². The van der Waals surface area contributed by atoms with Crippen LogP contribution in [-0.4, -0.2) is 40.3 Å². The second kappa shape index (κ2) is 4.97. The van der Waals surface area contributed by atoms with Crippen LogP contribution in [0.3, 0.4) is 0 Å². The van der Waals surface area contributed by atoms with Crippen molar-refractivity contribution in [1.29, 1.82) is 0 Å². The van der Waals surface area contributed by atoms with Gasteiger partial charge in [-0.1, -0.05) is 6.42 Å². The van der Waals surface area contributed by atoms with Crippen molar-refractivity contribution in [2.24, 2.45) is 0 Å². The lowest BCUT2D eigenvalue weighted by Crippen LogP contribution is -2.30. The molecule has 7 heteroatoms. The van der Waals surface area contributed by atoms with Crippen LogP contribution in [0.2, 0.25) is 0 Å². The largest absolute Gasteiger partial charge is 0.298 e. The molecule has 20 heavy (non-hydrogen) atoms. The highest BCUT2D eigenvalue weighted by molar-refractivity contribution is 7.92. The van der Waals surface area contributed by atoms with Gasteiger partial charge < -0.3 is 0 Å². The number of nitrogens with zero attached hydrogens (tertiary/aromatic N) is 3. The fourth-order valence-corrected chi connectivity index (χ4v) is 4.47. The van der Waals surface area contributed by atoms with E-state index in [1.54, 1.807) is 18.3 Å². The van der Waals surface area contributed by atoms with E-state index in [0.717, 1.165) is 19.1 Å². The summed E-state index contributed by atoms with van der Waals surface area (Å²) in [6.07, 6.45) is 5.09. The van der Waals surface area contributed by atoms with E-state index < -0.39 is 15.1 Å². The van der Waals surface area contributed by atoms with Crippen molar-refractivity contribution >= 4 is 21.8 Å². The maximum absolute atomic E-state index is 12.0. The Labute approximate surface area is 116 Å². The maximum atomic E-state index is 12.0. The standard InChI is InChI=1S/C13H15N3O3S/c17-9-10-4-3-6-16-13(10)14-12(15-16)8-11-5-1-2-7-20(11,18)19/h3-4,6,9,11H,1-2,5,7-8H2. The van der Waals surface area contributed by atoms with Crippen LogP contribution in [0.4, 0.5) is 0 Å². The van der Waals surface area contributed by atoms with Gasteiger partial charge in [0.25, 0.3) is 0 Å². The monoisotopic (exact) mass is 293 g/mol. The molecule has 1 aliphatic heterocycles. The van der Waals surface area contributed by atoms with Gasteiger partial charge in [-0.05, 0) is 25.0 Å². The molecule has 3 rings (SSSR count). The summed E-state index contributed by atoms with van der Waals surface area (Å²) in [4.78, 5) is 15.2. The number of rotatable bonds is 3. The fraction of sp³-hybridized carbons (Fsp3) is 0.462. The second-order valence-electron chi connectivity index (χ2n) is 5.07. The lowest BCUT2D eigenvalue weighted by molar-refractivity contribution is 0.112. The Balaban J connectivity index is 1.93. The van der Waals surface area contributed by atoms with E-state index in [2.05, 4.69) is 10.1 Å². The maximum Gasteiger partial charge on any atom is 0.166 e. The van der Waals surface area contributed by atoms with Crippen molar-refractivity contribution in [3.63, 3.8) is 0 Å². The molecule has 0 spiro atoms. The summed E-state index contributed by atoms with van der Waals surface area (Å²) < 4.78 is 25.5. The average molecular weight is 293 g/mol. The van der Waals surface area contributed by atoms with Crippen LogP contribution in [0.1, 0.15) is 35.4 Å². The lowest BCUT2D eigenvalue weighted by atomic mass is 10.1. The molecule has 0 aromatic carbocycles. The summed E-state index contributed by atoms with van der Waals surface area (Å²) in [6.45, 7) is 0. The van der Waals surface area contributed by atoms with Crippen LogP contribution in [0, 0.1) is 0 Å². The molecule has 0 N–H and O–H groups in total. The first-order valence-electron chi connectivity index (χ1n) is 6.61. The first-order chi connectivity index (χ1) is 9.60. The van der Waals surface area contributed by atoms with Gasteiger partial charge in [-0.25, -0.2) is 17.9 Å². The van der Waals surface area contributed by atoms with Crippen LogP contribution >= 0.6 is 0 Å². The zero-order valence-electron chi connectivity index (χ0n) is 10.9. The molecule has 1 fully saturated rings. The number of carbonyl (C=O) groups excluding carboxylic acids is 1. The summed E-state index contributed by atoms with van der Waals surface area (Å²) in [5.41, 5.74) is 0.934. The Morgan fingerprint density at radius 3 is 3.00 bits per heavy atom. The van der Waals surface area contributed by atoms with E-state index in [1.165, 1.54) is 4.52 Å². The van der Waals surface area contributed by atoms with E-state index >= 15 is 0 Å². The highest BCUT2D eigenvalue weighted by atomic mass is 32.2. The number of sulfone groups is 1. The van der Waals surface area contributed by atoms with Crippen LogP contribution in [0.15, 0.2) is 18.3 Å². The second-order valence-corrected chi connectivity index (χ2v) is 7.47. The number of pyridine rings is 1. The van der Waals surface area contributed by atoms with Gasteiger partial charge in [0.15, 0.2) is 27.6 Å². The molecule has 3 heterocycles. The van der Waals surface area contributed by atoms with Crippen molar-refractivity contribution in [2.75, 3.05) is 5.75 Å². The molecular formula is C13H15N3O3S. The Morgan fingerprint density at radius 2 is 2.25 bits per heavy atom. The minimum absolute atomic E-state index is 0.255. The average Bonchev–Trinajstić information content (AvgIpc) is 2.83. The molecule has 1 unspecified atom stereocenters. The zero-order valence-corrected chi connectivity index (χ0v) is 11.7. The molecule has 6 nitrogen and oxygen atoms in total. The van der Waals surface area contributed by atoms with Crippen molar-refractivity contribution in [2.45, 2.75) is 30.9 Å². The highest BCUT2D eigenvalue weighted by Crippen LogP contribution is 2.22. The lowest BCUT2D eigenvalue weighted by Gasteiger charge is -2.20. The van der Waals surface area contributed by atoms with Gasteiger partial charge in [-0.15, -0.1) is 0 Å². The first-order valence-corrected chi connectivity index (χ1v) is 8.33. The van der Waals surface area contributed by atoms with Crippen LogP contribution in [0.25, 0.3) is 5.65 Å². The zero-order chi connectivity index (χ0) is 14.2. The topological polar surface area (TPSA) is 81.4 Å². The minimum Gasteiger partial charge on any atom is -0.298 e. The van der Waals surface area contributed by atoms with Crippen LogP contribution in [-0.2, 0) is 16.3 Å². The Bertz CT molecular complexity index is 751. The molecule has 0 aliphatic carbocycles. The first kappa shape index (κ1) is 13.2. The van der Waals surface area contributed by atoms with E-state index in [1.807, 2.05) is 0 Å². The van der Waals surface area contributed by atoms with Crippen molar-refractivity contribution in [3.05, 3.63) is 29.7 Å². The molecular weight excluding hydrogens is 278 g/mol. The van der Waals surface area contributed by atoms with Crippen LogP contribution in [0.5, 0.6) is 0 Å². The van der Waals surface area contributed by atoms with Gasteiger partial charge >= 0.3 is 0 Å². The van der Waals surface area contributed by atoms with E-state index in [-0.39, 0.29) is 5.75 Å². The molecule has 0 saturated carbocycles. The van der Waals surface area contributed by atoms with Gasteiger partial charge in [0, 0.05) is 12.6 Å². The molecule has 106 valence electrons. The summed E-state index contributed by atoms with van der Waals surface area (Å²) in [6, 6.07) is 3.38. The predicted molar refractivity (Wildman–Crippen MR) is 73.5 cm³/mol. The molecule has 1 atom stereocenters. The number of hydrogen-bond acceptors (Lipinski definition) is 5. The van der Waals surface area contributed by atoms with Crippen molar-refractivity contribution in [3.8, 4) is 0 Å². The number of carbonyl (C=O) groups is 1. The third-order valence-corrected chi connectivity index (χ3v) is 5.96. The highest BCUT2D eigenvalue weighted by Gasteiger charge is 2.30. The third-order valence-electron chi connectivity index (χ3n) is 3.69. The predicted octanol–water partition coefficient (Wildman–Crippen LogP) is 1.05. The molecule has 0 radical (unpaired) electrons. The third kappa shape index (κ3) is 2.33. The summed E-state index contributed by atoms with van der Waals surface area (Å²) in [7, 11) is -3.03. The molecule has 0 amide bonds. The molecule has 2 aromatic rings. The van der Waals surface area contributed by atoms with Crippen LogP contribution < -0.4 is 0 Å². The van der Waals surface area contributed by atoms with E-state index in [9.17, 15) is 13.2 Å². The normalized spacial score (nSPS) is 21.9. The van der Waals surface area contributed by atoms with Gasteiger partial charge in [0.05, 0.1) is 16.6 Å². The molecule has 0 bridgehead atoms. The van der Waals surface area contributed by atoms with Gasteiger partial charge in [0.1, 0.15) is 0 Å². The quantitative estimate of drug-likeness (QED) is 0.790. The number of aromatic nitrogens is 3.